The van der Waals surface area contributed by atoms with Crippen molar-refractivity contribution in [2.45, 2.75) is 13.8 Å². The second kappa shape index (κ2) is 6.09. The number of hydrogen-bond acceptors (Lipinski definition) is 1. The van der Waals surface area contributed by atoms with E-state index in [2.05, 4.69) is 6.92 Å². The normalized spacial score (nSPS) is 7.78. The summed E-state index contributed by atoms with van der Waals surface area (Å²) in [6.45, 7) is 8.67. The van der Waals surface area contributed by atoms with E-state index in [9.17, 15) is 4.79 Å². The molecule has 2 nitrogen and oxygen atoms in total. The van der Waals surface area contributed by atoms with Gasteiger partial charge in [-0.05, 0) is 13.8 Å². The first-order valence-corrected chi connectivity index (χ1v) is 2.83. The molecule has 1 amide bonds. The van der Waals surface area contributed by atoms with Gasteiger partial charge in [0.05, 0.1) is 5.91 Å². The van der Waals surface area contributed by atoms with E-state index in [-0.39, 0.29) is 25.4 Å². The van der Waals surface area contributed by atoms with Crippen molar-refractivity contribution in [1.82, 2.24) is 4.90 Å². The van der Waals surface area contributed by atoms with E-state index in [1.165, 1.54) is 0 Å². The number of carbonyl (C=O) groups excluding carboxylic acids is 1. The van der Waals surface area contributed by atoms with Gasteiger partial charge in [0.2, 0.25) is 0 Å². The molecule has 0 aliphatic rings. The van der Waals surface area contributed by atoms with Crippen LogP contribution in [-0.2, 0) is 24.3 Å². The first-order valence-electron chi connectivity index (χ1n) is 2.83. The van der Waals surface area contributed by atoms with Gasteiger partial charge in [0.15, 0.2) is 0 Å². The van der Waals surface area contributed by atoms with Gasteiger partial charge in [0.1, 0.15) is 0 Å². The maximum Gasteiger partial charge on any atom is 0.0822 e. The molecule has 0 atom stereocenters. The number of carbonyl (C=O) groups is 1. The van der Waals surface area contributed by atoms with Gasteiger partial charge in [-0.2, -0.15) is 0 Å². The van der Waals surface area contributed by atoms with Gasteiger partial charge in [-0.15, -0.1) is 0 Å². The van der Waals surface area contributed by atoms with Crippen LogP contribution in [0.1, 0.15) is 13.8 Å². The molecule has 0 aliphatic carbocycles. The fourth-order valence-corrected chi connectivity index (χ4v) is 0.576. The molecule has 0 N–H and O–H groups in total. The van der Waals surface area contributed by atoms with Crippen molar-refractivity contribution < 1.29 is 24.3 Å². The summed E-state index contributed by atoms with van der Waals surface area (Å²) in [6.07, 6.45) is 0. The molecule has 0 heterocycles. The molecule has 3 heteroatoms. The van der Waals surface area contributed by atoms with Crippen molar-refractivity contribution in [2.75, 3.05) is 13.1 Å². The summed E-state index contributed by atoms with van der Waals surface area (Å²) in [5.74, 6) is -0.0880. The summed E-state index contributed by atoms with van der Waals surface area (Å²) in [5, 5.41) is 0. The monoisotopic (exact) mass is 178 g/mol. The SMILES string of the molecule is [CH2-]C(=O)N(CC)CC.[Zn]. The first-order chi connectivity index (χ1) is 3.72. The van der Waals surface area contributed by atoms with Gasteiger partial charge >= 0.3 is 0 Å². The van der Waals surface area contributed by atoms with Gasteiger partial charge in [-0.3, -0.25) is 0 Å². The summed E-state index contributed by atoms with van der Waals surface area (Å²) in [6, 6.07) is 0. The van der Waals surface area contributed by atoms with E-state index in [1.807, 2.05) is 13.8 Å². The van der Waals surface area contributed by atoms with Crippen molar-refractivity contribution in [1.29, 1.82) is 0 Å². The second-order valence-electron chi connectivity index (χ2n) is 1.57. The molecule has 0 fully saturated rings. The Morgan fingerprint density at radius 2 is 1.78 bits per heavy atom. The van der Waals surface area contributed by atoms with Crippen LogP contribution in [0.5, 0.6) is 0 Å². The van der Waals surface area contributed by atoms with Gasteiger partial charge in [0.25, 0.3) is 0 Å². The molecular formula is C6H12NOZn-. The molecule has 0 aromatic rings. The molecule has 0 saturated carbocycles. The number of hydrogen-bond donors (Lipinski definition) is 0. The Balaban J connectivity index is 0. The Hall–Kier alpha value is -0.0366. The van der Waals surface area contributed by atoms with Crippen molar-refractivity contribution in [3.05, 3.63) is 6.92 Å². The van der Waals surface area contributed by atoms with E-state index in [1.54, 1.807) is 4.90 Å². The average molecular weight is 180 g/mol. The Labute approximate surface area is 69.4 Å². The average Bonchev–Trinajstić information content (AvgIpc) is 1.69. The zero-order valence-corrected chi connectivity index (χ0v) is 9.15. The Bertz CT molecular complexity index is 81.1. The zero-order valence-electron chi connectivity index (χ0n) is 6.18. The molecule has 0 rings (SSSR count). The van der Waals surface area contributed by atoms with Crippen LogP contribution in [0.2, 0.25) is 0 Å². The second-order valence-corrected chi connectivity index (χ2v) is 1.57. The summed E-state index contributed by atoms with van der Waals surface area (Å²) in [5.41, 5.74) is 0. The largest absolute Gasteiger partial charge is 0.368 e. The van der Waals surface area contributed by atoms with Gasteiger partial charge in [0, 0.05) is 32.6 Å². The minimum Gasteiger partial charge on any atom is -0.368 e. The van der Waals surface area contributed by atoms with E-state index >= 15 is 0 Å². The Morgan fingerprint density at radius 1 is 1.44 bits per heavy atom. The predicted octanol–water partition coefficient (Wildman–Crippen LogP) is 0.686. The molecule has 0 saturated heterocycles. The molecule has 9 heavy (non-hydrogen) atoms. The van der Waals surface area contributed by atoms with Crippen LogP contribution in [0, 0.1) is 6.92 Å². The zero-order chi connectivity index (χ0) is 6.57. The molecule has 0 aliphatic heterocycles. The fraction of sp³-hybridized carbons (Fsp3) is 0.667. The summed E-state index contributed by atoms with van der Waals surface area (Å²) in [7, 11) is 0. The van der Waals surface area contributed by atoms with Crippen LogP contribution in [-0.4, -0.2) is 23.9 Å². The maximum atomic E-state index is 10.4. The molecule has 0 bridgehead atoms. The Morgan fingerprint density at radius 3 is 1.78 bits per heavy atom. The van der Waals surface area contributed by atoms with Gasteiger partial charge in [-0.25, -0.2) is 0 Å². The van der Waals surface area contributed by atoms with E-state index in [4.69, 9.17) is 0 Å². The van der Waals surface area contributed by atoms with Crippen molar-refractivity contribution in [2.24, 2.45) is 0 Å². The quantitative estimate of drug-likeness (QED) is 0.451. The summed E-state index contributed by atoms with van der Waals surface area (Å²) in [4.78, 5) is 12.1. The molecule has 0 radical (unpaired) electrons. The molecule has 0 aromatic carbocycles. The molecule has 0 spiro atoms. The standard InChI is InChI=1S/C6H12NO.Zn/c1-4-7(5-2)6(3)8;/h3-5H2,1-2H3;/q-1;. The van der Waals surface area contributed by atoms with Gasteiger partial charge in [-0.1, -0.05) is 0 Å². The topological polar surface area (TPSA) is 20.3 Å². The molecule has 0 unspecified atom stereocenters. The first kappa shape index (κ1) is 11.7. The van der Waals surface area contributed by atoms with Crippen LogP contribution >= 0.6 is 0 Å². The predicted molar refractivity (Wildman–Crippen MR) is 33.3 cm³/mol. The van der Waals surface area contributed by atoms with Crippen molar-refractivity contribution in [3.8, 4) is 0 Å². The third-order valence-corrected chi connectivity index (χ3v) is 1.12. The maximum absolute atomic E-state index is 10.4. The van der Waals surface area contributed by atoms with Crippen LogP contribution < -0.4 is 0 Å². The fourth-order valence-electron chi connectivity index (χ4n) is 0.576. The van der Waals surface area contributed by atoms with E-state index in [0.717, 1.165) is 13.1 Å². The summed E-state index contributed by atoms with van der Waals surface area (Å²) < 4.78 is 0. The third kappa shape index (κ3) is 4.47. The van der Waals surface area contributed by atoms with Crippen LogP contribution in [0.3, 0.4) is 0 Å². The summed E-state index contributed by atoms with van der Waals surface area (Å²) >= 11 is 0. The molecule has 50 valence electrons. The Kier molecular flexibility index (Phi) is 7.93. The number of amides is 1. The van der Waals surface area contributed by atoms with Crippen LogP contribution in [0.4, 0.5) is 0 Å². The van der Waals surface area contributed by atoms with E-state index in [0.29, 0.717) is 0 Å². The number of rotatable bonds is 2. The van der Waals surface area contributed by atoms with Gasteiger partial charge < -0.3 is 16.6 Å². The minimum atomic E-state index is -0.0880. The van der Waals surface area contributed by atoms with E-state index < -0.39 is 0 Å². The third-order valence-electron chi connectivity index (χ3n) is 1.12. The van der Waals surface area contributed by atoms with Crippen LogP contribution in [0.25, 0.3) is 0 Å². The minimum absolute atomic E-state index is 0. The van der Waals surface area contributed by atoms with Crippen molar-refractivity contribution in [3.63, 3.8) is 0 Å². The molecular weight excluding hydrogens is 167 g/mol. The smallest absolute Gasteiger partial charge is 0.0822 e. The van der Waals surface area contributed by atoms with Crippen molar-refractivity contribution >= 4 is 5.91 Å². The van der Waals surface area contributed by atoms with Crippen LogP contribution in [0.15, 0.2) is 0 Å². The molecule has 0 aromatic heterocycles. The number of nitrogens with zero attached hydrogens (tertiary/aromatic N) is 1.